The predicted molar refractivity (Wildman–Crippen MR) is 44.7 cm³/mol. The molecular formula is C8H4F3NO4. The Hall–Kier alpha value is -2.12. The lowest BCUT2D eigenvalue weighted by Gasteiger charge is -2.05. The lowest BCUT2D eigenvalue weighted by Crippen LogP contribution is -2.12. The van der Waals surface area contributed by atoms with E-state index in [0.29, 0.717) is 0 Å². The summed E-state index contributed by atoms with van der Waals surface area (Å²) in [6.07, 6.45) is 0. The molecule has 0 aliphatic carbocycles. The molecule has 0 fully saturated rings. The average Bonchev–Trinajstić information content (AvgIpc) is 2.18. The molecule has 0 unspecified atom stereocenters. The van der Waals surface area contributed by atoms with Gasteiger partial charge in [-0.2, -0.15) is 4.39 Å². The second kappa shape index (κ2) is 3.80. The summed E-state index contributed by atoms with van der Waals surface area (Å²) in [6.45, 7) is 0.782. The first-order valence-electron chi connectivity index (χ1n) is 3.83. The number of hydrogen-bond donors (Lipinski definition) is 1. The predicted octanol–water partition coefficient (Wildman–Crippen LogP) is 2.02. The number of hydrogen-bond acceptors (Lipinski definition) is 3. The van der Waals surface area contributed by atoms with Gasteiger partial charge in [0.2, 0.25) is 5.82 Å². The fourth-order valence-corrected chi connectivity index (χ4v) is 1.13. The summed E-state index contributed by atoms with van der Waals surface area (Å²) in [7, 11) is 0. The van der Waals surface area contributed by atoms with Crippen molar-refractivity contribution in [3.8, 4) is 0 Å². The van der Waals surface area contributed by atoms with E-state index >= 15 is 0 Å². The van der Waals surface area contributed by atoms with Gasteiger partial charge in [-0.3, -0.25) is 10.1 Å². The first kappa shape index (κ1) is 12.0. The maximum atomic E-state index is 13.2. The van der Waals surface area contributed by atoms with E-state index in [9.17, 15) is 28.1 Å². The van der Waals surface area contributed by atoms with Crippen LogP contribution in [0.5, 0.6) is 0 Å². The van der Waals surface area contributed by atoms with Crippen LogP contribution in [0.4, 0.5) is 18.9 Å². The van der Waals surface area contributed by atoms with Crippen LogP contribution in [-0.2, 0) is 0 Å². The van der Waals surface area contributed by atoms with Crippen LogP contribution < -0.4 is 0 Å². The van der Waals surface area contributed by atoms with Crippen molar-refractivity contribution in [2.24, 2.45) is 0 Å². The van der Waals surface area contributed by atoms with E-state index < -0.39 is 45.2 Å². The highest BCUT2D eigenvalue weighted by molar-refractivity contribution is 5.93. The van der Waals surface area contributed by atoms with E-state index in [-0.39, 0.29) is 0 Å². The fraction of sp³-hybridized carbons (Fsp3) is 0.125. The Balaban J connectivity index is 3.83. The van der Waals surface area contributed by atoms with Gasteiger partial charge in [-0.15, -0.1) is 0 Å². The molecule has 5 nitrogen and oxygen atoms in total. The van der Waals surface area contributed by atoms with Crippen molar-refractivity contribution in [1.82, 2.24) is 0 Å². The number of rotatable bonds is 2. The van der Waals surface area contributed by atoms with E-state index in [1.165, 1.54) is 0 Å². The standard InChI is InChI=1S/C8H4F3NO4/c1-2-4(9)3(8(13)14)7(12(15)16)6(11)5(2)10/h1H3,(H,13,14). The van der Waals surface area contributed by atoms with E-state index in [1.54, 1.807) is 0 Å². The molecule has 1 rings (SSSR count). The molecule has 16 heavy (non-hydrogen) atoms. The van der Waals surface area contributed by atoms with Crippen molar-refractivity contribution >= 4 is 11.7 Å². The van der Waals surface area contributed by atoms with Crippen molar-refractivity contribution in [3.05, 3.63) is 38.7 Å². The normalized spacial score (nSPS) is 10.2. The molecule has 1 N–H and O–H groups in total. The van der Waals surface area contributed by atoms with Crippen LogP contribution in [0.25, 0.3) is 0 Å². The van der Waals surface area contributed by atoms with Crippen LogP contribution >= 0.6 is 0 Å². The lowest BCUT2D eigenvalue weighted by atomic mass is 10.1. The monoisotopic (exact) mass is 235 g/mol. The molecule has 1 aromatic carbocycles. The van der Waals surface area contributed by atoms with Crippen molar-refractivity contribution < 1.29 is 28.0 Å². The largest absolute Gasteiger partial charge is 0.477 e. The second-order valence-corrected chi connectivity index (χ2v) is 2.85. The number of benzene rings is 1. The zero-order valence-electron chi connectivity index (χ0n) is 7.75. The zero-order valence-corrected chi connectivity index (χ0v) is 7.75. The smallest absolute Gasteiger partial charge is 0.345 e. The number of halogens is 3. The van der Waals surface area contributed by atoms with Gasteiger partial charge >= 0.3 is 11.7 Å². The number of aromatic carboxylic acids is 1. The van der Waals surface area contributed by atoms with Gasteiger partial charge in [0.15, 0.2) is 17.2 Å². The number of nitro benzene ring substituents is 1. The molecular weight excluding hydrogens is 231 g/mol. The summed E-state index contributed by atoms with van der Waals surface area (Å²) in [5.74, 6) is -7.44. The summed E-state index contributed by atoms with van der Waals surface area (Å²) < 4.78 is 39.2. The molecule has 0 bridgehead atoms. The number of nitrogens with zero attached hydrogens (tertiary/aromatic N) is 1. The number of carboxylic acid groups (broad SMARTS) is 1. The topological polar surface area (TPSA) is 80.4 Å². The van der Waals surface area contributed by atoms with Crippen molar-refractivity contribution in [1.29, 1.82) is 0 Å². The van der Waals surface area contributed by atoms with Gasteiger partial charge in [0.25, 0.3) is 0 Å². The Morgan fingerprint density at radius 1 is 1.25 bits per heavy atom. The van der Waals surface area contributed by atoms with Gasteiger partial charge in [0, 0.05) is 5.56 Å². The van der Waals surface area contributed by atoms with Gasteiger partial charge in [-0.25, -0.2) is 13.6 Å². The quantitative estimate of drug-likeness (QED) is 0.483. The Morgan fingerprint density at radius 3 is 2.12 bits per heavy atom. The maximum absolute atomic E-state index is 13.2. The lowest BCUT2D eigenvalue weighted by molar-refractivity contribution is -0.388. The molecule has 0 aliphatic rings. The van der Waals surface area contributed by atoms with Crippen LogP contribution in [0.1, 0.15) is 15.9 Å². The molecule has 0 amide bonds. The second-order valence-electron chi connectivity index (χ2n) is 2.85. The van der Waals surface area contributed by atoms with Crippen LogP contribution in [0.2, 0.25) is 0 Å². The van der Waals surface area contributed by atoms with Gasteiger partial charge in [0.05, 0.1) is 4.92 Å². The SMILES string of the molecule is Cc1c(F)c(F)c([N+](=O)[O-])c(C(=O)O)c1F. The summed E-state index contributed by atoms with van der Waals surface area (Å²) in [5, 5.41) is 18.8. The molecule has 0 atom stereocenters. The van der Waals surface area contributed by atoms with Crippen LogP contribution in [0, 0.1) is 34.5 Å². The highest BCUT2D eigenvalue weighted by atomic mass is 19.2. The van der Waals surface area contributed by atoms with E-state index in [0.717, 1.165) is 6.92 Å². The van der Waals surface area contributed by atoms with Gasteiger partial charge in [-0.05, 0) is 6.92 Å². The number of carbonyl (C=O) groups is 1. The minimum atomic E-state index is -2.04. The Bertz CT molecular complexity index is 456. The van der Waals surface area contributed by atoms with Crippen LogP contribution in [-0.4, -0.2) is 16.0 Å². The van der Waals surface area contributed by atoms with E-state index in [4.69, 9.17) is 5.11 Å². The minimum absolute atomic E-state index is 0.782. The number of nitro groups is 1. The third-order valence-electron chi connectivity index (χ3n) is 1.91. The molecule has 0 aromatic heterocycles. The van der Waals surface area contributed by atoms with E-state index in [1.807, 2.05) is 0 Å². The Morgan fingerprint density at radius 2 is 1.75 bits per heavy atom. The highest BCUT2D eigenvalue weighted by Crippen LogP contribution is 2.30. The van der Waals surface area contributed by atoms with Gasteiger partial charge < -0.3 is 5.11 Å². The molecule has 0 spiro atoms. The van der Waals surface area contributed by atoms with Crippen molar-refractivity contribution in [2.45, 2.75) is 6.92 Å². The molecule has 1 aromatic rings. The summed E-state index contributed by atoms with van der Waals surface area (Å²) >= 11 is 0. The first-order valence-corrected chi connectivity index (χ1v) is 3.83. The number of carboxylic acids is 1. The molecule has 0 radical (unpaired) electrons. The molecule has 8 heteroatoms. The summed E-state index contributed by atoms with van der Waals surface area (Å²) in [5.41, 5.74) is -4.12. The zero-order chi connectivity index (χ0) is 12.6. The Kier molecular flexibility index (Phi) is 2.84. The first-order chi connectivity index (χ1) is 7.29. The van der Waals surface area contributed by atoms with Gasteiger partial charge in [-0.1, -0.05) is 0 Å². The molecule has 0 aliphatic heterocycles. The molecule has 0 heterocycles. The maximum Gasteiger partial charge on any atom is 0.345 e. The average molecular weight is 235 g/mol. The molecule has 86 valence electrons. The van der Waals surface area contributed by atoms with Crippen molar-refractivity contribution in [3.63, 3.8) is 0 Å². The Labute approximate surface area is 86.3 Å². The molecule has 0 saturated heterocycles. The third kappa shape index (κ3) is 1.58. The fourth-order valence-electron chi connectivity index (χ4n) is 1.13. The van der Waals surface area contributed by atoms with Gasteiger partial charge in [0.1, 0.15) is 0 Å². The van der Waals surface area contributed by atoms with E-state index in [2.05, 4.69) is 0 Å². The van der Waals surface area contributed by atoms with Crippen molar-refractivity contribution in [2.75, 3.05) is 0 Å². The summed E-state index contributed by atoms with van der Waals surface area (Å²) in [6, 6.07) is 0. The third-order valence-corrected chi connectivity index (χ3v) is 1.91. The molecule has 0 saturated carbocycles. The minimum Gasteiger partial charge on any atom is -0.477 e. The summed E-state index contributed by atoms with van der Waals surface area (Å²) in [4.78, 5) is 19.4. The van der Waals surface area contributed by atoms with Crippen LogP contribution in [0.3, 0.4) is 0 Å². The van der Waals surface area contributed by atoms with Crippen LogP contribution in [0.15, 0.2) is 0 Å². The highest BCUT2D eigenvalue weighted by Gasteiger charge is 2.34.